The molecular weight excluding hydrogens is 316 g/mol. The van der Waals surface area contributed by atoms with E-state index in [0.717, 1.165) is 29.8 Å². The van der Waals surface area contributed by atoms with Crippen molar-refractivity contribution in [1.29, 1.82) is 0 Å². The SMILES string of the molecule is CCCCCN(c1nc(NCCC)ncc1Br)C(C)C. The van der Waals surface area contributed by atoms with Crippen LogP contribution in [0.4, 0.5) is 11.8 Å². The van der Waals surface area contributed by atoms with E-state index in [1.165, 1.54) is 19.3 Å². The van der Waals surface area contributed by atoms with E-state index in [2.05, 4.69) is 63.8 Å². The topological polar surface area (TPSA) is 41.1 Å². The van der Waals surface area contributed by atoms with Crippen LogP contribution in [0.15, 0.2) is 10.7 Å². The molecule has 0 fully saturated rings. The minimum absolute atomic E-state index is 0.428. The molecule has 4 nitrogen and oxygen atoms in total. The number of anilines is 2. The highest BCUT2D eigenvalue weighted by molar-refractivity contribution is 9.10. The smallest absolute Gasteiger partial charge is 0.224 e. The summed E-state index contributed by atoms with van der Waals surface area (Å²) in [6.45, 7) is 10.7. The highest BCUT2D eigenvalue weighted by Gasteiger charge is 2.16. The average molecular weight is 343 g/mol. The molecule has 1 rings (SSSR count). The highest BCUT2D eigenvalue weighted by Crippen LogP contribution is 2.26. The van der Waals surface area contributed by atoms with Crippen molar-refractivity contribution in [1.82, 2.24) is 9.97 Å². The Morgan fingerprint density at radius 2 is 2.00 bits per heavy atom. The van der Waals surface area contributed by atoms with Crippen molar-refractivity contribution in [3.63, 3.8) is 0 Å². The fourth-order valence-electron chi connectivity index (χ4n) is 2.02. The Hall–Kier alpha value is -0.840. The third-order valence-electron chi connectivity index (χ3n) is 3.16. The van der Waals surface area contributed by atoms with Gasteiger partial charge in [0.1, 0.15) is 5.82 Å². The number of unbranched alkanes of at least 4 members (excludes halogenated alkanes) is 2. The molecule has 0 spiro atoms. The molecule has 20 heavy (non-hydrogen) atoms. The third-order valence-corrected chi connectivity index (χ3v) is 3.72. The molecule has 114 valence electrons. The zero-order chi connectivity index (χ0) is 15.0. The Morgan fingerprint density at radius 3 is 2.60 bits per heavy atom. The molecule has 5 heteroatoms. The van der Waals surface area contributed by atoms with Crippen LogP contribution in [0.1, 0.15) is 53.4 Å². The van der Waals surface area contributed by atoms with Crippen molar-refractivity contribution in [2.75, 3.05) is 23.3 Å². The largest absolute Gasteiger partial charge is 0.354 e. The van der Waals surface area contributed by atoms with Gasteiger partial charge in [-0.2, -0.15) is 4.98 Å². The first-order chi connectivity index (χ1) is 9.60. The van der Waals surface area contributed by atoms with Crippen molar-refractivity contribution in [3.8, 4) is 0 Å². The third kappa shape index (κ3) is 5.27. The van der Waals surface area contributed by atoms with E-state index < -0.39 is 0 Å². The zero-order valence-corrected chi connectivity index (χ0v) is 14.7. The fraction of sp³-hybridized carbons (Fsp3) is 0.733. The number of rotatable bonds is 9. The molecule has 0 saturated carbocycles. The summed E-state index contributed by atoms with van der Waals surface area (Å²) < 4.78 is 0.963. The maximum atomic E-state index is 4.67. The number of nitrogens with one attached hydrogen (secondary N) is 1. The van der Waals surface area contributed by atoms with Gasteiger partial charge in [-0.3, -0.25) is 0 Å². The van der Waals surface area contributed by atoms with Gasteiger partial charge in [-0.1, -0.05) is 26.7 Å². The summed E-state index contributed by atoms with van der Waals surface area (Å²) in [7, 11) is 0. The lowest BCUT2D eigenvalue weighted by Gasteiger charge is -2.29. The highest BCUT2D eigenvalue weighted by atomic mass is 79.9. The van der Waals surface area contributed by atoms with E-state index in [1.807, 2.05) is 6.20 Å². The van der Waals surface area contributed by atoms with Gasteiger partial charge < -0.3 is 10.2 Å². The van der Waals surface area contributed by atoms with E-state index >= 15 is 0 Å². The van der Waals surface area contributed by atoms with Crippen LogP contribution in [0.2, 0.25) is 0 Å². The van der Waals surface area contributed by atoms with Crippen LogP contribution in [-0.4, -0.2) is 29.1 Å². The average Bonchev–Trinajstić information content (AvgIpc) is 2.43. The van der Waals surface area contributed by atoms with Crippen molar-refractivity contribution < 1.29 is 0 Å². The molecule has 0 atom stereocenters. The Morgan fingerprint density at radius 1 is 1.25 bits per heavy atom. The van der Waals surface area contributed by atoms with E-state index in [-0.39, 0.29) is 0 Å². The number of hydrogen-bond acceptors (Lipinski definition) is 4. The lowest BCUT2D eigenvalue weighted by atomic mass is 10.2. The molecule has 0 aromatic carbocycles. The Labute approximate surface area is 131 Å². The summed E-state index contributed by atoms with van der Waals surface area (Å²) in [5.41, 5.74) is 0. The van der Waals surface area contributed by atoms with Crippen LogP contribution in [0.5, 0.6) is 0 Å². The zero-order valence-electron chi connectivity index (χ0n) is 13.1. The second kappa shape index (κ2) is 9.16. The van der Waals surface area contributed by atoms with Crippen LogP contribution in [0, 0.1) is 0 Å². The predicted octanol–water partition coefficient (Wildman–Crippen LogP) is 4.47. The number of hydrogen-bond donors (Lipinski definition) is 1. The van der Waals surface area contributed by atoms with Crippen molar-refractivity contribution in [2.45, 2.75) is 59.4 Å². The van der Waals surface area contributed by atoms with Crippen molar-refractivity contribution in [2.24, 2.45) is 0 Å². The van der Waals surface area contributed by atoms with Gasteiger partial charge in [0.25, 0.3) is 0 Å². The Balaban J connectivity index is 2.87. The molecule has 0 bridgehead atoms. The molecule has 0 saturated heterocycles. The molecule has 1 aromatic rings. The number of halogens is 1. The summed E-state index contributed by atoms with van der Waals surface area (Å²) in [4.78, 5) is 11.3. The summed E-state index contributed by atoms with van der Waals surface area (Å²) >= 11 is 3.58. The lowest BCUT2D eigenvalue weighted by Crippen LogP contribution is -2.33. The van der Waals surface area contributed by atoms with Crippen LogP contribution in [0.25, 0.3) is 0 Å². The first-order valence-corrected chi connectivity index (χ1v) is 8.42. The normalized spacial score (nSPS) is 10.9. The standard InChI is InChI=1S/C15H27BrN4/c1-5-7-8-10-20(12(3)4)14-13(16)11-18-15(19-14)17-9-6-2/h11-12H,5-10H2,1-4H3,(H,17,18,19). The summed E-state index contributed by atoms with van der Waals surface area (Å²) in [6, 6.07) is 0.428. The number of nitrogens with zero attached hydrogens (tertiary/aromatic N) is 3. The Bertz CT molecular complexity index is 395. The molecule has 1 N–H and O–H groups in total. The molecular formula is C15H27BrN4. The fourth-order valence-corrected chi connectivity index (χ4v) is 2.44. The summed E-state index contributed by atoms with van der Waals surface area (Å²) in [5.74, 6) is 1.70. The van der Waals surface area contributed by atoms with Crippen LogP contribution >= 0.6 is 15.9 Å². The monoisotopic (exact) mass is 342 g/mol. The van der Waals surface area contributed by atoms with Gasteiger partial charge in [0.05, 0.1) is 4.47 Å². The molecule has 1 aromatic heterocycles. The molecule has 0 amide bonds. The van der Waals surface area contributed by atoms with Gasteiger partial charge in [0.15, 0.2) is 0 Å². The molecule has 0 aliphatic rings. The maximum absolute atomic E-state index is 4.67. The summed E-state index contributed by atoms with van der Waals surface area (Å²) in [6.07, 6.45) is 6.60. The van der Waals surface area contributed by atoms with Crippen LogP contribution in [-0.2, 0) is 0 Å². The summed E-state index contributed by atoms with van der Waals surface area (Å²) in [5, 5.41) is 3.25. The lowest BCUT2D eigenvalue weighted by molar-refractivity contribution is 0.618. The maximum Gasteiger partial charge on any atom is 0.224 e. The minimum atomic E-state index is 0.428. The molecule has 1 heterocycles. The van der Waals surface area contributed by atoms with Gasteiger partial charge in [-0.25, -0.2) is 4.98 Å². The van der Waals surface area contributed by atoms with Gasteiger partial charge in [0, 0.05) is 25.3 Å². The van der Waals surface area contributed by atoms with Crippen molar-refractivity contribution >= 4 is 27.7 Å². The molecule has 0 aliphatic heterocycles. The van der Waals surface area contributed by atoms with Crippen LogP contribution in [0.3, 0.4) is 0 Å². The van der Waals surface area contributed by atoms with E-state index in [0.29, 0.717) is 12.0 Å². The van der Waals surface area contributed by atoms with E-state index in [9.17, 15) is 0 Å². The second-order valence-electron chi connectivity index (χ2n) is 5.29. The van der Waals surface area contributed by atoms with E-state index in [4.69, 9.17) is 0 Å². The van der Waals surface area contributed by atoms with Gasteiger partial charge in [-0.15, -0.1) is 0 Å². The predicted molar refractivity (Wildman–Crippen MR) is 90.5 cm³/mol. The quantitative estimate of drug-likeness (QED) is 0.672. The molecule has 0 unspecified atom stereocenters. The first-order valence-electron chi connectivity index (χ1n) is 7.63. The molecule has 0 aliphatic carbocycles. The van der Waals surface area contributed by atoms with Crippen LogP contribution < -0.4 is 10.2 Å². The molecule has 0 radical (unpaired) electrons. The first kappa shape index (κ1) is 17.2. The van der Waals surface area contributed by atoms with Gasteiger partial charge >= 0.3 is 0 Å². The van der Waals surface area contributed by atoms with Crippen molar-refractivity contribution in [3.05, 3.63) is 10.7 Å². The van der Waals surface area contributed by atoms with Gasteiger partial charge in [0.2, 0.25) is 5.95 Å². The van der Waals surface area contributed by atoms with Gasteiger partial charge in [-0.05, 0) is 42.6 Å². The Kier molecular flexibility index (Phi) is 7.88. The second-order valence-corrected chi connectivity index (χ2v) is 6.14. The van der Waals surface area contributed by atoms with E-state index in [1.54, 1.807) is 0 Å². The minimum Gasteiger partial charge on any atom is -0.354 e. The number of aromatic nitrogens is 2.